The SMILES string of the molecule is COc1ccc(-c2cc(N3CCCN(C(=O)c4ccccc4Cl)CC3)n[nH]2)cc1. The third-order valence-corrected chi connectivity index (χ3v) is 5.51. The summed E-state index contributed by atoms with van der Waals surface area (Å²) in [6, 6.07) is 17.1. The molecule has 2 heterocycles. The molecular formula is C22H23ClN4O2. The Labute approximate surface area is 175 Å². The lowest BCUT2D eigenvalue weighted by atomic mass is 10.1. The highest BCUT2D eigenvalue weighted by Gasteiger charge is 2.23. The van der Waals surface area contributed by atoms with Crippen molar-refractivity contribution in [2.45, 2.75) is 6.42 Å². The molecule has 1 fully saturated rings. The molecule has 2 aromatic carbocycles. The van der Waals surface area contributed by atoms with Crippen LogP contribution >= 0.6 is 11.6 Å². The molecule has 0 spiro atoms. The zero-order valence-electron chi connectivity index (χ0n) is 16.3. The van der Waals surface area contributed by atoms with E-state index in [-0.39, 0.29) is 5.91 Å². The highest BCUT2D eigenvalue weighted by atomic mass is 35.5. The van der Waals surface area contributed by atoms with Gasteiger partial charge in [0, 0.05) is 32.2 Å². The monoisotopic (exact) mass is 410 g/mol. The van der Waals surface area contributed by atoms with Crippen LogP contribution in [0.5, 0.6) is 5.75 Å². The van der Waals surface area contributed by atoms with Crippen molar-refractivity contribution in [1.29, 1.82) is 0 Å². The molecule has 0 atom stereocenters. The first-order valence-electron chi connectivity index (χ1n) is 9.64. The topological polar surface area (TPSA) is 61.5 Å². The number of aromatic nitrogens is 2. The first-order chi connectivity index (χ1) is 14.2. The molecule has 4 rings (SSSR count). The summed E-state index contributed by atoms with van der Waals surface area (Å²) in [6.07, 6.45) is 0.876. The van der Waals surface area contributed by atoms with Gasteiger partial charge in [-0.15, -0.1) is 0 Å². The number of H-pyrrole nitrogens is 1. The number of ether oxygens (including phenoxy) is 1. The summed E-state index contributed by atoms with van der Waals surface area (Å²) in [7, 11) is 1.66. The van der Waals surface area contributed by atoms with Gasteiger partial charge >= 0.3 is 0 Å². The molecule has 150 valence electrons. The third-order valence-electron chi connectivity index (χ3n) is 5.18. The van der Waals surface area contributed by atoms with Crippen LogP contribution < -0.4 is 9.64 Å². The van der Waals surface area contributed by atoms with Gasteiger partial charge in [-0.3, -0.25) is 9.89 Å². The minimum Gasteiger partial charge on any atom is -0.497 e. The van der Waals surface area contributed by atoms with Crippen LogP contribution in [-0.2, 0) is 0 Å². The van der Waals surface area contributed by atoms with Crippen LogP contribution in [0.25, 0.3) is 11.3 Å². The van der Waals surface area contributed by atoms with Crippen LogP contribution in [0.15, 0.2) is 54.6 Å². The van der Waals surface area contributed by atoms with Crippen molar-refractivity contribution in [3.63, 3.8) is 0 Å². The van der Waals surface area contributed by atoms with Crippen molar-refractivity contribution < 1.29 is 9.53 Å². The van der Waals surface area contributed by atoms with Crippen LogP contribution in [0.2, 0.25) is 5.02 Å². The molecule has 0 bridgehead atoms. The van der Waals surface area contributed by atoms with E-state index in [1.807, 2.05) is 47.4 Å². The van der Waals surface area contributed by atoms with Gasteiger partial charge in [0.05, 0.1) is 23.4 Å². The Balaban J connectivity index is 1.44. The van der Waals surface area contributed by atoms with Gasteiger partial charge in [0.1, 0.15) is 5.75 Å². The first-order valence-corrected chi connectivity index (χ1v) is 10.0. The summed E-state index contributed by atoms with van der Waals surface area (Å²) in [5, 5.41) is 8.10. The lowest BCUT2D eigenvalue weighted by Crippen LogP contribution is -2.35. The van der Waals surface area contributed by atoms with E-state index in [4.69, 9.17) is 16.3 Å². The highest BCUT2D eigenvalue weighted by Crippen LogP contribution is 2.25. The third kappa shape index (κ3) is 4.22. The van der Waals surface area contributed by atoms with E-state index in [1.165, 1.54) is 0 Å². The fraction of sp³-hybridized carbons (Fsp3) is 0.273. The Morgan fingerprint density at radius 3 is 2.62 bits per heavy atom. The molecule has 29 heavy (non-hydrogen) atoms. The van der Waals surface area contributed by atoms with E-state index in [0.717, 1.165) is 42.3 Å². The summed E-state index contributed by atoms with van der Waals surface area (Å²) in [5.41, 5.74) is 2.56. The number of hydrogen-bond donors (Lipinski definition) is 1. The Morgan fingerprint density at radius 2 is 1.86 bits per heavy atom. The first kappa shape index (κ1) is 19.3. The Hall–Kier alpha value is -2.99. The number of hydrogen-bond acceptors (Lipinski definition) is 4. The molecule has 7 heteroatoms. The summed E-state index contributed by atoms with van der Waals surface area (Å²) < 4.78 is 5.21. The normalized spacial score (nSPS) is 14.6. The minimum absolute atomic E-state index is 0.0154. The quantitative estimate of drug-likeness (QED) is 0.703. The number of nitrogens with one attached hydrogen (secondary N) is 1. The summed E-state index contributed by atoms with van der Waals surface area (Å²) in [6.45, 7) is 2.91. The Morgan fingerprint density at radius 1 is 1.07 bits per heavy atom. The number of amides is 1. The molecule has 0 aliphatic carbocycles. The summed E-state index contributed by atoms with van der Waals surface area (Å²) in [4.78, 5) is 16.9. The van der Waals surface area contributed by atoms with Gasteiger partial charge in [-0.1, -0.05) is 23.7 Å². The average molecular weight is 411 g/mol. The molecule has 1 aliphatic rings. The molecule has 1 saturated heterocycles. The number of rotatable bonds is 4. The zero-order valence-corrected chi connectivity index (χ0v) is 17.0. The summed E-state index contributed by atoms with van der Waals surface area (Å²) >= 11 is 6.20. The van der Waals surface area contributed by atoms with Gasteiger partial charge < -0.3 is 14.5 Å². The molecule has 0 unspecified atom stereocenters. The summed E-state index contributed by atoms with van der Waals surface area (Å²) in [5.74, 6) is 1.70. The number of methoxy groups -OCH3 is 1. The van der Waals surface area contributed by atoms with Crippen LogP contribution in [0.4, 0.5) is 5.82 Å². The molecule has 6 nitrogen and oxygen atoms in total. The number of aromatic amines is 1. The van der Waals surface area contributed by atoms with E-state index >= 15 is 0 Å². The number of carbonyl (C=O) groups excluding carboxylic acids is 1. The average Bonchev–Trinajstić information content (AvgIpc) is 3.12. The van der Waals surface area contributed by atoms with Crippen molar-refractivity contribution in [1.82, 2.24) is 15.1 Å². The predicted molar refractivity (Wildman–Crippen MR) is 115 cm³/mol. The van der Waals surface area contributed by atoms with Crippen molar-refractivity contribution in [3.8, 4) is 17.0 Å². The maximum Gasteiger partial charge on any atom is 0.255 e. The number of benzene rings is 2. The zero-order chi connectivity index (χ0) is 20.2. The van der Waals surface area contributed by atoms with Crippen LogP contribution in [0, 0.1) is 0 Å². The van der Waals surface area contributed by atoms with Gasteiger partial charge in [0.15, 0.2) is 5.82 Å². The van der Waals surface area contributed by atoms with Gasteiger partial charge in [-0.05, 0) is 48.4 Å². The van der Waals surface area contributed by atoms with E-state index < -0.39 is 0 Å². The van der Waals surface area contributed by atoms with Gasteiger partial charge in [0.2, 0.25) is 0 Å². The standard InChI is InChI=1S/C22H23ClN4O2/c1-29-17-9-7-16(8-10-17)20-15-21(25-24-20)26-11-4-12-27(14-13-26)22(28)18-5-2-3-6-19(18)23/h2-3,5-10,15H,4,11-14H2,1H3,(H,24,25). The highest BCUT2D eigenvalue weighted by molar-refractivity contribution is 6.33. The molecule has 0 saturated carbocycles. The largest absolute Gasteiger partial charge is 0.497 e. The van der Waals surface area contributed by atoms with Crippen molar-refractivity contribution in [2.75, 3.05) is 38.2 Å². The molecular weight excluding hydrogens is 388 g/mol. The fourth-order valence-corrected chi connectivity index (χ4v) is 3.76. The Bertz CT molecular complexity index is 986. The molecule has 0 radical (unpaired) electrons. The van der Waals surface area contributed by atoms with Gasteiger partial charge in [-0.25, -0.2) is 0 Å². The van der Waals surface area contributed by atoms with Gasteiger partial charge in [-0.2, -0.15) is 5.10 Å². The number of anilines is 1. The van der Waals surface area contributed by atoms with Crippen LogP contribution in [0.3, 0.4) is 0 Å². The smallest absolute Gasteiger partial charge is 0.255 e. The second kappa shape index (κ2) is 8.57. The Kier molecular flexibility index (Phi) is 5.71. The van der Waals surface area contributed by atoms with Gasteiger partial charge in [0.25, 0.3) is 5.91 Å². The van der Waals surface area contributed by atoms with Crippen LogP contribution in [-0.4, -0.2) is 54.3 Å². The lowest BCUT2D eigenvalue weighted by Gasteiger charge is -2.22. The number of nitrogens with zero attached hydrogens (tertiary/aromatic N) is 3. The molecule has 1 amide bonds. The maximum atomic E-state index is 12.8. The van der Waals surface area contributed by atoms with E-state index in [9.17, 15) is 4.79 Å². The predicted octanol–water partition coefficient (Wildman–Crippen LogP) is 4.09. The van der Waals surface area contributed by atoms with E-state index in [1.54, 1.807) is 19.2 Å². The van der Waals surface area contributed by atoms with Crippen LogP contribution in [0.1, 0.15) is 16.8 Å². The molecule has 1 N–H and O–H groups in total. The van der Waals surface area contributed by atoms with E-state index in [2.05, 4.69) is 15.1 Å². The maximum absolute atomic E-state index is 12.8. The van der Waals surface area contributed by atoms with Crippen molar-refractivity contribution in [2.24, 2.45) is 0 Å². The number of carbonyl (C=O) groups is 1. The second-order valence-electron chi connectivity index (χ2n) is 6.98. The lowest BCUT2D eigenvalue weighted by molar-refractivity contribution is 0.0767. The van der Waals surface area contributed by atoms with E-state index in [0.29, 0.717) is 23.7 Å². The fourth-order valence-electron chi connectivity index (χ4n) is 3.55. The number of halogens is 1. The van der Waals surface area contributed by atoms with Crippen molar-refractivity contribution >= 4 is 23.3 Å². The second-order valence-corrected chi connectivity index (χ2v) is 7.39. The molecule has 1 aromatic heterocycles. The molecule has 1 aliphatic heterocycles. The van der Waals surface area contributed by atoms with Crippen molar-refractivity contribution in [3.05, 3.63) is 65.2 Å². The molecule has 3 aromatic rings. The minimum atomic E-state index is -0.0154.